The number of alkyl halides is 3. The number of nitrogens with one attached hydrogen (secondary N) is 1. The van der Waals surface area contributed by atoms with Gasteiger partial charge < -0.3 is 34.1 Å². The van der Waals surface area contributed by atoms with Gasteiger partial charge in [-0.15, -0.1) is 11.8 Å². The number of piperazine rings is 1. The van der Waals surface area contributed by atoms with Crippen molar-refractivity contribution in [3.8, 4) is 40.5 Å². The van der Waals surface area contributed by atoms with E-state index in [-0.39, 0.29) is 35.5 Å². The molecule has 3 aromatic carbocycles. The SMILES string of the molecule is COc1c(C)cc2c(c1O)[C@@H]1[C@@H]3[C@@H]4SCC(NC(=O)c5cnn(-c6ccccc6)c5C(F)(F)F)C(=O)OC[C@H](c5c6c(c(C)c(OC(C)=O)c54)OCO6)N3[C@@H](C#N)[C@@H](C2)N1C. The third-order valence-corrected chi connectivity index (χ3v) is 13.6. The second kappa shape index (κ2) is 14.9. The predicted octanol–water partition coefficient (Wildman–Crippen LogP) is 5.23. The molecule has 0 spiro atoms. The number of aryl methyl sites for hydroxylation is 1. The molecule has 15 nitrogen and oxygen atoms in total. The van der Waals surface area contributed by atoms with E-state index in [4.69, 9.17) is 23.7 Å². The van der Waals surface area contributed by atoms with Gasteiger partial charge in [-0.1, -0.05) is 24.3 Å². The van der Waals surface area contributed by atoms with Crippen LogP contribution >= 0.6 is 11.8 Å². The zero-order chi connectivity index (χ0) is 43.2. The van der Waals surface area contributed by atoms with E-state index in [2.05, 4.69) is 16.5 Å². The molecule has 0 radical (unpaired) electrons. The molecule has 1 aromatic heterocycles. The second-order valence-electron chi connectivity index (χ2n) is 15.6. The van der Waals surface area contributed by atoms with Crippen LogP contribution in [0.5, 0.6) is 28.7 Å². The van der Waals surface area contributed by atoms with Gasteiger partial charge in [0.1, 0.15) is 24.4 Å². The number of hydrogen-bond acceptors (Lipinski definition) is 14. The van der Waals surface area contributed by atoms with Crippen LogP contribution in [0.15, 0.2) is 42.6 Å². The van der Waals surface area contributed by atoms with Crippen LogP contribution < -0.4 is 24.3 Å². The first kappa shape index (κ1) is 40.4. The fraction of sp³-hybridized carbons (Fsp3) is 0.405. The first-order chi connectivity index (χ1) is 29.2. The van der Waals surface area contributed by atoms with Crippen molar-refractivity contribution in [1.29, 1.82) is 5.26 Å². The first-order valence-electron chi connectivity index (χ1n) is 19.4. The molecule has 6 aliphatic heterocycles. The largest absolute Gasteiger partial charge is 0.504 e. The molecular weight excluding hydrogens is 822 g/mol. The number of para-hydroxylation sites is 1. The number of methoxy groups -OCH3 is 1. The molecule has 318 valence electrons. The van der Waals surface area contributed by atoms with Crippen LogP contribution in [0, 0.1) is 25.2 Å². The van der Waals surface area contributed by atoms with E-state index in [0.717, 1.165) is 23.5 Å². The van der Waals surface area contributed by atoms with Crippen molar-refractivity contribution in [3.63, 3.8) is 0 Å². The number of aromatic nitrogens is 2. The van der Waals surface area contributed by atoms with Crippen LogP contribution in [-0.2, 0) is 26.9 Å². The number of esters is 2. The Kier molecular flexibility index (Phi) is 9.87. The number of rotatable bonds is 5. The molecule has 7 atom stereocenters. The number of nitriles is 1. The van der Waals surface area contributed by atoms with Gasteiger partial charge in [-0.2, -0.15) is 23.5 Å². The van der Waals surface area contributed by atoms with Gasteiger partial charge in [0, 0.05) is 47.0 Å². The number of phenolic OH excluding ortho intramolecular Hbond substituents is 1. The minimum absolute atomic E-state index is 0.0694. The van der Waals surface area contributed by atoms with Gasteiger partial charge in [-0.3, -0.25) is 19.4 Å². The Bertz CT molecular complexity index is 2550. The fourth-order valence-electron chi connectivity index (χ4n) is 9.86. The Labute approximate surface area is 351 Å². The molecule has 4 aromatic rings. The number of aromatic hydroxyl groups is 1. The van der Waals surface area contributed by atoms with E-state index < -0.39 is 83.4 Å². The third-order valence-electron chi connectivity index (χ3n) is 12.2. The topological polar surface area (TPSA) is 178 Å². The van der Waals surface area contributed by atoms with Crippen LogP contribution in [0.2, 0.25) is 0 Å². The molecule has 6 aliphatic rings. The lowest BCUT2D eigenvalue weighted by Crippen LogP contribution is -2.69. The lowest BCUT2D eigenvalue weighted by atomic mass is 9.71. The number of ether oxygens (including phenoxy) is 5. The Balaban J connectivity index is 1.21. The summed E-state index contributed by atoms with van der Waals surface area (Å²) in [6.07, 6.45) is -3.83. The lowest BCUT2D eigenvalue weighted by Gasteiger charge is -2.61. The molecule has 7 heterocycles. The van der Waals surface area contributed by atoms with Gasteiger partial charge in [0.05, 0.1) is 48.0 Å². The number of carbonyl (C=O) groups is 3. The maximum Gasteiger partial charge on any atom is 0.434 e. The number of halogens is 3. The fourth-order valence-corrected chi connectivity index (χ4v) is 11.4. The quantitative estimate of drug-likeness (QED) is 0.197. The maximum atomic E-state index is 14.7. The summed E-state index contributed by atoms with van der Waals surface area (Å²) in [7, 11) is 3.34. The number of fused-ring (bicyclic) bond motifs is 10. The zero-order valence-electron chi connectivity index (χ0n) is 33.4. The van der Waals surface area contributed by atoms with Gasteiger partial charge in [0.2, 0.25) is 6.79 Å². The van der Waals surface area contributed by atoms with E-state index in [1.54, 1.807) is 13.0 Å². The van der Waals surface area contributed by atoms with Crippen molar-refractivity contribution < 1.29 is 56.3 Å². The zero-order valence-corrected chi connectivity index (χ0v) is 34.2. The summed E-state index contributed by atoms with van der Waals surface area (Å²) < 4.78 is 74.4. The van der Waals surface area contributed by atoms with Gasteiger partial charge in [0.15, 0.2) is 28.7 Å². The van der Waals surface area contributed by atoms with E-state index in [9.17, 15) is 37.9 Å². The summed E-state index contributed by atoms with van der Waals surface area (Å²) in [5.41, 5.74) is 1.45. The number of nitrogens with zero attached hydrogens (tertiary/aromatic N) is 5. The highest BCUT2D eigenvalue weighted by molar-refractivity contribution is 7.99. The summed E-state index contributed by atoms with van der Waals surface area (Å²) >= 11 is 1.16. The Morgan fingerprint density at radius 2 is 1.82 bits per heavy atom. The maximum absolute atomic E-state index is 14.7. The number of phenols is 1. The van der Waals surface area contributed by atoms with Crippen molar-refractivity contribution >= 4 is 29.6 Å². The molecule has 61 heavy (non-hydrogen) atoms. The van der Waals surface area contributed by atoms with E-state index in [0.29, 0.717) is 50.4 Å². The van der Waals surface area contributed by atoms with E-state index >= 15 is 0 Å². The average Bonchev–Trinajstić information content (AvgIpc) is 3.90. The van der Waals surface area contributed by atoms with Gasteiger partial charge in [-0.25, -0.2) is 9.48 Å². The third kappa shape index (κ3) is 6.25. The summed E-state index contributed by atoms with van der Waals surface area (Å²) in [5, 5.41) is 28.6. The number of amides is 1. The predicted molar refractivity (Wildman–Crippen MR) is 210 cm³/mol. The molecule has 1 unspecified atom stereocenters. The molecule has 2 N–H and O–H groups in total. The van der Waals surface area contributed by atoms with Gasteiger partial charge in [-0.05, 0) is 50.6 Å². The number of carbonyl (C=O) groups excluding carboxylic acids is 3. The number of likely N-dealkylation sites (N-methyl/N-ethyl adjacent to an activating group) is 1. The molecule has 19 heteroatoms. The normalized spacial score (nSPS) is 25.4. The van der Waals surface area contributed by atoms with Gasteiger partial charge in [0.25, 0.3) is 5.91 Å². The lowest BCUT2D eigenvalue weighted by molar-refractivity contribution is -0.151. The molecule has 2 saturated heterocycles. The molecule has 1 amide bonds. The Morgan fingerprint density at radius 1 is 1.08 bits per heavy atom. The molecule has 0 saturated carbocycles. The smallest absolute Gasteiger partial charge is 0.434 e. The Hall–Kier alpha value is -5.97. The van der Waals surface area contributed by atoms with Gasteiger partial charge >= 0.3 is 18.1 Å². The van der Waals surface area contributed by atoms with E-state index in [1.807, 2.05) is 29.8 Å². The van der Waals surface area contributed by atoms with Crippen LogP contribution in [0.25, 0.3) is 5.69 Å². The molecule has 2 fully saturated rings. The van der Waals surface area contributed by atoms with Crippen molar-refractivity contribution in [2.45, 2.75) is 74.9 Å². The van der Waals surface area contributed by atoms with E-state index in [1.165, 1.54) is 38.3 Å². The van der Waals surface area contributed by atoms with Crippen LogP contribution in [0.4, 0.5) is 13.2 Å². The number of hydrogen-bond donors (Lipinski definition) is 2. The van der Waals surface area contributed by atoms with Crippen LogP contribution in [0.3, 0.4) is 0 Å². The monoisotopic (exact) mass is 860 g/mol. The molecular formula is C42H39F3N6O9S. The highest BCUT2D eigenvalue weighted by Crippen LogP contribution is 2.64. The first-order valence-corrected chi connectivity index (χ1v) is 20.4. The highest BCUT2D eigenvalue weighted by atomic mass is 32.2. The van der Waals surface area contributed by atoms with Crippen molar-refractivity contribution in [3.05, 3.63) is 87.2 Å². The second-order valence-corrected chi connectivity index (χ2v) is 16.7. The minimum Gasteiger partial charge on any atom is -0.504 e. The summed E-state index contributed by atoms with van der Waals surface area (Å²) in [6, 6.07) is 6.96. The van der Waals surface area contributed by atoms with Crippen LogP contribution in [0.1, 0.15) is 73.7 Å². The highest BCUT2D eigenvalue weighted by Gasteiger charge is 2.61. The molecule has 4 bridgehead atoms. The van der Waals surface area contributed by atoms with Crippen molar-refractivity contribution in [2.75, 3.05) is 33.3 Å². The standard InChI is InChI=1S/C42H39F3N6O9S/c1-18-11-21-12-25-26(13-46)50-27-15-57-41(55)24(48-40(54)23-14-47-51(39(23)42(43,44)45)22-9-7-6-8-10-22)16-61-38(32(50)31(49(25)4)28(21)33(53)34(18)56-5)30-29(27)37-36(58-17-59-37)19(2)35(30)60-20(3)52/h6-11,14,24-27,31-32,38,53H,12,15-17H2,1-5H3,(H,48,54)/t24?,25-,26+,27-,31-,32-,38-/m1/s1. The molecule has 10 rings (SSSR count). The average molecular weight is 861 g/mol. The molecule has 0 aliphatic carbocycles. The van der Waals surface area contributed by atoms with Crippen molar-refractivity contribution in [1.82, 2.24) is 24.9 Å². The van der Waals surface area contributed by atoms with Crippen LogP contribution in [-0.4, -0.2) is 100 Å². The number of thioether (sulfide) groups is 1. The van der Waals surface area contributed by atoms with Crippen molar-refractivity contribution in [2.24, 2.45) is 0 Å². The number of benzene rings is 3. The summed E-state index contributed by atoms with van der Waals surface area (Å²) in [6.45, 7) is 4.22. The minimum atomic E-state index is -5.01. The summed E-state index contributed by atoms with van der Waals surface area (Å²) in [5.74, 6) is -2.00. The Morgan fingerprint density at radius 3 is 2.51 bits per heavy atom. The summed E-state index contributed by atoms with van der Waals surface area (Å²) in [4.78, 5) is 44.9.